The van der Waals surface area contributed by atoms with Crippen LogP contribution in [0.1, 0.15) is 85.8 Å². The molecule has 0 spiro atoms. The Kier molecular flexibility index (Phi) is 19.3. The van der Waals surface area contributed by atoms with Gasteiger partial charge in [0.2, 0.25) is 0 Å². The zero-order valence-corrected chi connectivity index (χ0v) is 29.2. The number of piperazine rings is 1. The molecule has 0 radical (unpaired) electrons. The van der Waals surface area contributed by atoms with Gasteiger partial charge in [0.1, 0.15) is 5.82 Å². The fourth-order valence-corrected chi connectivity index (χ4v) is 5.34. The summed E-state index contributed by atoms with van der Waals surface area (Å²) in [5.74, 6) is 1.11. The molecular formula is C38H63N5. The highest BCUT2D eigenvalue weighted by molar-refractivity contribution is 5.64. The number of aryl methyl sites for hydroxylation is 1. The van der Waals surface area contributed by atoms with Gasteiger partial charge in [-0.2, -0.15) is 0 Å². The van der Waals surface area contributed by atoms with Crippen LogP contribution in [0.3, 0.4) is 0 Å². The van der Waals surface area contributed by atoms with Crippen LogP contribution in [-0.4, -0.2) is 73.2 Å². The molecule has 2 aliphatic heterocycles. The van der Waals surface area contributed by atoms with E-state index in [0.29, 0.717) is 12.6 Å². The number of allylic oxidation sites excluding steroid dienone is 6. The summed E-state index contributed by atoms with van der Waals surface area (Å²) in [6.45, 7) is 35.5. The SMILES string of the molecule is C=C/C(=C\C=C/C)CNC(=C)c1cnc(N2CCN(C3CCN(C/C(C)=C/C=C(/C)CC)CC3)CC2)c(C)c1.CC.CC. The first kappa shape index (κ1) is 38.1. The Morgan fingerprint density at radius 1 is 0.977 bits per heavy atom. The number of piperidine rings is 1. The van der Waals surface area contributed by atoms with Crippen molar-refractivity contribution in [2.45, 2.75) is 87.6 Å². The molecule has 2 saturated heterocycles. The van der Waals surface area contributed by atoms with E-state index in [4.69, 9.17) is 4.98 Å². The number of aromatic nitrogens is 1. The Morgan fingerprint density at radius 2 is 1.60 bits per heavy atom. The highest BCUT2D eigenvalue weighted by atomic mass is 15.3. The summed E-state index contributed by atoms with van der Waals surface area (Å²) < 4.78 is 0. The summed E-state index contributed by atoms with van der Waals surface area (Å²) in [6, 6.07) is 2.92. The van der Waals surface area contributed by atoms with E-state index in [1.165, 1.54) is 42.6 Å². The van der Waals surface area contributed by atoms with Gasteiger partial charge in [-0.15, -0.1) is 0 Å². The zero-order chi connectivity index (χ0) is 32.2. The minimum absolute atomic E-state index is 0.695. The van der Waals surface area contributed by atoms with E-state index in [9.17, 15) is 0 Å². The van der Waals surface area contributed by atoms with E-state index < -0.39 is 0 Å². The summed E-state index contributed by atoms with van der Waals surface area (Å²) in [4.78, 5) is 12.7. The van der Waals surface area contributed by atoms with Gasteiger partial charge in [0.05, 0.1) is 0 Å². The first-order valence-electron chi connectivity index (χ1n) is 16.7. The Balaban J connectivity index is 0.00000221. The Labute approximate surface area is 265 Å². The number of hydrogen-bond donors (Lipinski definition) is 1. The van der Waals surface area contributed by atoms with Crippen molar-refractivity contribution in [1.82, 2.24) is 20.1 Å². The van der Waals surface area contributed by atoms with Crippen molar-refractivity contribution in [3.05, 3.63) is 89.7 Å². The molecule has 0 aromatic carbocycles. The fourth-order valence-electron chi connectivity index (χ4n) is 5.34. The van der Waals surface area contributed by atoms with E-state index in [-0.39, 0.29) is 0 Å². The molecule has 0 atom stereocenters. The van der Waals surface area contributed by atoms with Crippen molar-refractivity contribution in [1.29, 1.82) is 0 Å². The molecule has 1 N–H and O–H groups in total. The average Bonchev–Trinajstić information content (AvgIpc) is 3.06. The van der Waals surface area contributed by atoms with Crippen LogP contribution in [0.5, 0.6) is 0 Å². The summed E-state index contributed by atoms with van der Waals surface area (Å²) in [5.41, 5.74) is 7.17. The molecular weight excluding hydrogens is 526 g/mol. The Bertz CT molecular complexity index is 1080. The zero-order valence-electron chi connectivity index (χ0n) is 29.2. The molecule has 0 saturated carbocycles. The van der Waals surface area contributed by atoms with Crippen LogP contribution in [0.2, 0.25) is 0 Å². The highest BCUT2D eigenvalue weighted by Crippen LogP contribution is 2.24. The second-order valence-corrected chi connectivity index (χ2v) is 11.1. The van der Waals surface area contributed by atoms with Crippen molar-refractivity contribution in [3.8, 4) is 0 Å². The van der Waals surface area contributed by atoms with Crippen LogP contribution in [0.25, 0.3) is 5.70 Å². The fraction of sp³-hybridized carbons (Fsp3) is 0.553. The normalized spacial score (nSPS) is 17.6. The second kappa shape index (κ2) is 21.7. The molecule has 5 nitrogen and oxygen atoms in total. The molecule has 3 rings (SSSR count). The van der Waals surface area contributed by atoms with Crippen molar-refractivity contribution < 1.29 is 0 Å². The number of likely N-dealkylation sites (tertiary alicyclic amines) is 1. The van der Waals surface area contributed by atoms with Crippen LogP contribution >= 0.6 is 0 Å². The Morgan fingerprint density at radius 3 is 2.16 bits per heavy atom. The van der Waals surface area contributed by atoms with Gasteiger partial charge in [-0.25, -0.2) is 4.98 Å². The summed E-state index contributed by atoms with van der Waals surface area (Å²) in [6.07, 6.45) is 18.2. The van der Waals surface area contributed by atoms with Gasteiger partial charge in [-0.1, -0.05) is 95.4 Å². The summed E-state index contributed by atoms with van der Waals surface area (Å²) in [7, 11) is 0. The first-order valence-corrected chi connectivity index (χ1v) is 16.7. The third-order valence-electron chi connectivity index (χ3n) is 8.04. The smallest absolute Gasteiger partial charge is 0.131 e. The topological polar surface area (TPSA) is 34.6 Å². The molecule has 0 bridgehead atoms. The van der Waals surface area contributed by atoms with Crippen LogP contribution < -0.4 is 10.2 Å². The maximum atomic E-state index is 4.87. The molecule has 43 heavy (non-hydrogen) atoms. The van der Waals surface area contributed by atoms with Gasteiger partial charge in [0, 0.05) is 62.8 Å². The summed E-state index contributed by atoms with van der Waals surface area (Å²) in [5, 5.41) is 3.42. The quantitative estimate of drug-likeness (QED) is 0.247. The standard InChI is InChI=1S/C34H51N5.2C2H6/c1-8-11-12-31(10-3)24-35-30(7)32-23-29(6)34(36-25-32)39-21-19-38(20-22-39)33-15-17-37(18-16-33)26-28(5)14-13-27(4)9-2;2*1-2/h8,10-14,23,25,33,35H,3,7,9,15-22,24,26H2,1-2,4-6H3;2*1-2H3/b11-8-,27-13-,28-14+,31-12+;;. The molecule has 0 aliphatic carbocycles. The van der Waals surface area contributed by atoms with Crippen molar-refractivity contribution >= 4 is 11.5 Å². The third-order valence-corrected chi connectivity index (χ3v) is 8.04. The second-order valence-electron chi connectivity index (χ2n) is 11.1. The van der Waals surface area contributed by atoms with Gasteiger partial charge >= 0.3 is 0 Å². The first-order chi connectivity index (χ1) is 20.8. The lowest BCUT2D eigenvalue weighted by molar-refractivity contribution is 0.107. The number of rotatable bonds is 12. The minimum atomic E-state index is 0.695. The van der Waals surface area contributed by atoms with Crippen LogP contribution in [-0.2, 0) is 0 Å². The monoisotopic (exact) mass is 590 g/mol. The van der Waals surface area contributed by atoms with Gasteiger partial charge in [0.15, 0.2) is 0 Å². The number of pyridine rings is 1. The molecule has 0 unspecified atom stereocenters. The largest absolute Gasteiger partial charge is 0.381 e. The van der Waals surface area contributed by atoms with Crippen molar-refractivity contribution in [3.63, 3.8) is 0 Å². The summed E-state index contributed by atoms with van der Waals surface area (Å²) >= 11 is 0. The molecule has 2 fully saturated rings. The predicted octanol–water partition coefficient (Wildman–Crippen LogP) is 8.58. The molecule has 1 aromatic rings. The maximum Gasteiger partial charge on any atom is 0.131 e. The van der Waals surface area contributed by atoms with Gasteiger partial charge in [0.25, 0.3) is 0 Å². The van der Waals surface area contributed by atoms with Crippen LogP contribution in [0, 0.1) is 6.92 Å². The van der Waals surface area contributed by atoms with E-state index in [1.54, 1.807) is 0 Å². The number of nitrogens with one attached hydrogen (secondary N) is 1. The van der Waals surface area contributed by atoms with E-state index in [1.807, 2.05) is 59.0 Å². The Hall–Kier alpha value is -2.89. The molecule has 1 aromatic heterocycles. The van der Waals surface area contributed by atoms with E-state index >= 15 is 0 Å². The molecule has 5 heteroatoms. The van der Waals surface area contributed by atoms with Gasteiger partial charge in [-0.05, 0) is 77.2 Å². The molecule has 2 aliphatic rings. The third kappa shape index (κ3) is 13.1. The minimum Gasteiger partial charge on any atom is -0.381 e. The van der Waals surface area contributed by atoms with E-state index in [2.05, 4.69) is 85.2 Å². The lowest BCUT2D eigenvalue weighted by Gasteiger charge is -2.43. The average molecular weight is 590 g/mol. The molecule has 0 amide bonds. The number of nitrogens with zero attached hydrogens (tertiary/aromatic N) is 4. The van der Waals surface area contributed by atoms with Crippen molar-refractivity contribution in [2.75, 3.05) is 57.3 Å². The van der Waals surface area contributed by atoms with Crippen molar-refractivity contribution in [2.24, 2.45) is 0 Å². The molecule has 240 valence electrons. The lowest BCUT2D eigenvalue weighted by Crippen LogP contribution is -2.53. The number of hydrogen-bond acceptors (Lipinski definition) is 5. The predicted molar refractivity (Wildman–Crippen MR) is 193 cm³/mol. The van der Waals surface area contributed by atoms with Crippen LogP contribution in [0.4, 0.5) is 5.82 Å². The van der Waals surface area contributed by atoms with E-state index in [0.717, 1.165) is 61.8 Å². The maximum absolute atomic E-state index is 4.87. The van der Waals surface area contributed by atoms with Crippen LogP contribution in [0.15, 0.2) is 78.6 Å². The lowest BCUT2D eigenvalue weighted by atomic mass is 10.0. The number of anilines is 1. The van der Waals surface area contributed by atoms with Gasteiger partial charge < -0.3 is 10.2 Å². The molecule has 3 heterocycles. The highest BCUT2D eigenvalue weighted by Gasteiger charge is 2.28. The van der Waals surface area contributed by atoms with Gasteiger partial charge in [-0.3, -0.25) is 9.80 Å².